The van der Waals surface area contributed by atoms with E-state index in [1.807, 2.05) is 30.4 Å². The molecule has 0 aromatic carbocycles. The van der Waals surface area contributed by atoms with Crippen LogP contribution in [0.5, 0.6) is 0 Å². The van der Waals surface area contributed by atoms with Crippen LogP contribution >= 0.6 is 0 Å². The first-order valence-corrected chi connectivity index (χ1v) is 9.83. The standard InChI is InChI=1S/C18H20N6OS/c1-3-26(25)24-10-18(11-24,5-6-19)23-8-13(2)15(9-23)16-14-4-7-20-17(14)22-12-21-16/h4,7-9,12H,3,5,10-11H2,1-2H3,(H,20,21,22). The Bertz CT molecular complexity index is 1020. The zero-order valence-electron chi connectivity index (χ0n) is 14.8. The minimum absolute atomic E-state index is 0.327. The van der Waals surface area contributed by atoms with Gasteiger partial charge in [-0.3, -0.25) is 0 Å². The van der Waals surface area contributed by atoms with Crippen LogP contribution in [0.4, 0.5) is 0 Å². The minimum Gasteiger partial charge on any atom is -0.346 e. The molecule has 26 heavy (non-hydrogen) atoms. The van der Waals surface area contributed by atoms with E-state index in [9.17, 15) is 9.47 Å². The second-order valence-electron chi connectivity index (χ2n) is 6.69. The predicted octanol–water partition coefficient (Wildman–Crippen LogP) is 2.34. The lowest BCUT2D eigenvalue weighted by atomic mass is 9.89. The molecule has 3 aromatic rings. The highest BCUT2D eigenvalue weighted by Gasteiger charge is 2.46. The van der Waals surface area contributed by atoms with Crippen molar-refractivity contribution >= 4 is 22.0 Å². The van der Waals surface area contributed by atoms with E-state index in [0.717, 1.165) is 27.9 Å². The quantitative estimate of drug-likeness (QED) is 0.748. The second-order valence-corrected chi connectivity index (χ2v) is 8.43. The van der Waals surface area contributed by atoms with Gasteiger partial charge in [0.25, 0.3) is 0 Å². The molecule has 134 valence electrons. The molecule has 1 unspecified atom stereocenters. The molecule has 1 aliphatic heterocycles. The topological polar surface area (TPSA) is 90.6 Å². The van der Waals surface area contributed by atoms with Crippen molar-refractivity contribution in [3.63, 3.8) is 0 Å². The summed E-state index contributed by atoms with van der Waals surface area (Å²) in [5.74, 6) is 0.602. The monoisotopic (exact) mass is 368 g/mol. The van der Waals surface area contributed by atoms with Crippen molar-refractivity contribution in [3.05, 3.63) is 36.5 Å². The van der Waals surface area contributed by atoms with E-state index in [2.05, 4.69) is 38.0 Å². The Labute approximate surface area is 154 Å². The van der Waals surface area contributed by atoms with Gasteiger partial charge in [-0.2, -0.15) is 5.26 Å². The Balaban J connectivity index is 1.73. The Hall–Kier alpha value is -2.50. The fourth-order valence-electron chi connectivity index (χ4n) is 3.62. The van der Waals surface area contributed by atoms with Gasteiger partial charge in [0.05, 0.1) is 34.7 Å². The van der Waals surface area contributed by atoms with Crippen LogP contribution in [0.15, 0.2) is 31.0 Å². The van der Waals surface area contributed by atoms with Gasteiger partial charge >= 0.3 is 0 Å². The average molecular weight is 368 g/mol. The first kappa shape index (κ1) is 16.9. The number of nitrogens with zero attached hydrogens (tertiary/aromatic N) is 5. The SMILES string of the molecule is CCS(=O)N1CC(CC#N)(n2cc(C)c(-c3ncnc4[nH]ccc34)c2)C1. The fourth-order valence-corrected chi connectivity index (χ4v) is 4.75. The highest BCUT2D eigenvalue weighted by Crippen LogP contribution is 2.37. The molecule has 0 bridgehead atoms. The summed E-state index contributed by atoms with van der Waals surface area (Å²) in [5, 5.41) is 10.3. The van der Waals surface area contributed by atoms with E-state index in [0.29, 0.717) is 25.3 Å². The molecular weight excluding hydrogens is 348 g/mol. The molecule has 1 fully saturated rings. The number of H-pyrrole nitrogens is 1. The van der Waals surface area contributed by atoms with Crippen molar-refractivity contribution in [1.29, 1.82) is 5.26 Å². The summed E-state index contributed by atoms with van der Waals surface area (Å²) >= 11 is 0. The van der Waals surface area contributed by atoms with E-state index in [1.54, 1.807) is 6.33 Å². The van der Waals surface area contributed by atoms with Gasteiger partial charge in [-0.05, 0) is 18.6 Å². The van der Waals surface area contributed by atoms with E-state index in [-0.39, 0.29) is 5.54 Å². The zero-order chi connectivity index (χ0) is 18.3. The van der Waals surface area contributed by atoms with Crippen molar-refractivity contribution < 1.29 is 4.21 Å². The van der Waals surface area contributed by atoms with Crippen LogP contribution in [0.2, 0.25) is 0 Å². The molecule has 1 saturated heterocycles. The number of hydrogen-bond donors (Lipinski definition) is 1. The number of aromatic nitrogens is 4. The Morgan fingerprint density at radius 3 is 2.92 bits per heavy atom. The number of hydrogen-bond acceptors (Lipinski definition) is 4. The predicted molar refractivity (Wildman–Crippen MR) is 101 cm³/mol. The van der Waals surface area contributed by atoms with Gasteiger partial charge < -0.3 is 9.55 Å². The van der Waals surface area contributed by atoms with Gasteiger partial charge in [-0.1, -0.05) is 6.92 Å². The van der Waals surface area contributed by atoms with E-state index in [1.165, 1.54) is 0 Å². The lowest BCUT2D eigenvalue weighted by molar-refractivity contribution is 0.0901. The minimum atomic E-state index is -0.971. The number of fused-ring (bicyclic) bond motifs is 1. The lowest BCUT2D eigenvalue weighted by Crippen LogP contribution is -2.62. The van der Waals surface area contributed by atoms with Gasteiger partial charge in [-0.25, -0.2) is 18.5 Å². The average Bonchev–Trinajstić information content (AvgIpc) is 3.23. The van der Waals surface area contributed by atoms with Gasteiger partial charge in [0.2, 0.25) is 0 Å². The lowest BCUT2D eigenvalue weighted by Gasteiger charge is -2.49. The van der Waals surface area contributed by atoms with Gasteiger partial charge in [-0.15, -0.1) is 0 Å². The van der Waals surface area contributed by atoms with Crippen LogP contribution in [-0.2, 0) is 16.5 Å². The summed E-state index contributed by atoms with van der Waals surface area (Å²) in [6.45, 7) is 5.21. The van der Waals surface area contributed by atoms with Crippen molar-refractivity contribution in [2.24, 2.45) is 0 Å². The molecule has 8 heteroatoms. The van der Waals surface area contributed by atoms with Gasteiger partial charge in [0, 0.05) is 48.4 Å². The Morgan fingerprint density at radius 2 is 2.19 bits per heavy atom. The summed E-state index contributed by atoms with van der Waals surface area (Å²) < 4.78 is 16.1. The van der Waals surface area contributed by atoms with E-state index >= 15 is 0 Å². The van der Waals surface area contributed by atoms with Crippen LogP contribution in [0.1, 0.15) is 18.9 Å². The summed E-state index contributed by atoms with van der Waals surface area (Å²) in [6, 6.07) is 4.28. The molecule has 3 aromatic heterocycles. The molecule has 1 aliphatic rings. The number of nitrogens with one attached hydrogen (secondary N) is 1. The summed E-state index contributed by atoms with van der Waals surface area (Å²) in [7, 11) is -0.971. The molecular formula is C18H20N6OS. The van der Waals surface area contributed by atoms with Crippen LogP contribution in [-0.4, -0.2) is 46.9 Å². The first-order chi connectivity index (χ1) is 12.6. The van der Waals surface area contributed by atoms with E-state index in [4.69, 9.17) is 0 Å². The van der Waals surface area contributed by atoms with Gasteiger partial charge in [0.15, 0.2) is 0 Å². The smallest absolute Gasteiger partial charge is 0.141 e. The Morgan fingerprint density at radius 1 is 1.38 bits per heavy atom. The summed E-state index contributed by atoms with van der Waals surface area (Å²) in [6.07, 6.45) is 7.94. The van der Waals surface area contributed by atoms with Crippen molar-refractivity contribution in [2.45, 2.75) is 25.8 Å². The highest BCUT2D eigenvalue weighted by atomic mass is 32.2. The number of aryl methyl sites for hydroxylation is 1. The maximum absolute atomic E-state index is 12.1. The molecule has 4 heterocycles. The van der Waals surface area contributed by atoms with E-state index < -0.39 is 11.0 Å². The molecule has 1 N–H and O–H groups in total. The molecule has 0 amide bonds. The zero-order valence-corrected chi connectivity index (χ0v) is 15.6. The molecule has 0 saturated carbocycles. The Kier molecular flexibility index (Phi) is 4.13. The van der Waals surface area contributed by atoms with Crippen LogP contribution in [0, 0.1) is 18.3 Å². The third kappa shape index (κ3) is 2.55. The molecule has 1 atom stereocenters. The van der Waals surface area contributed by atoms with Crippen molar-refractivity contribution in [2.75, 3.05) is 18.8 Å². The summed E-state index contributed by atoms with van der Waals surface area (Å²) in [4.78, 5) is 11.8. The third-order valence-electron chi connectivity index (χ3n) is 5.07. The maximum Gasteiger partial charge on any atom is 0.141 e. The number of nitriles is 1. The maximum atomic E-state index is 12.1. The summed E-state index contributed by atoms with van der Waals surface area (Å²) in [5.41, 5.74) is 3.49. The van der Waals surface area contributed by atoms with Crippen LogP contribution in [0.3, 0.4) is 0 Å². The number of rotatable bonds is 5. The molecule has 0 radical (unpaired) electrons. The normalized spacial score (nSPS) is 17.7. The molecule has 7 nitrogen and oxygen atoms in total. The van der Waals surface area contributed by atoms with Crippen molar-refractivity contribution in [3.8, 4) is 17.3 Å². The second kappa shape index (κ2) is 6.34. The molecule has 0 aliphatic carbocycles. The highest BCUT2D eigenvalue weighted by molar-refractivity contribution is 7.82. The van der Waals surface area contributed by atoms with Crippen LogP contribution in [0.25, 0.3) is 22.3 Å². The largest absolute Gasteiger partial charge is 0.346 e. The van der Waals surface area contributed by atoms with Gasteiger partial charge in [0.1, 0.15) is 12.0 Å². The van der Waals surface area contributed by atoms with Crippen molar-refractivity contribution in [1.82, 2.24) is 23.8 Å². The fraction of sp³-hybridized carbons (Fsp3) is 0.389. The van der Waals surface area contributed by atoms with Crippen LogP contribution < -0.4 is 0 Å². The molecule has 0 spiro atoms. The first-order valence-electron chi connectivity index (χ1n) is 8.56. The number of aromatic amines is 1. The third-order valence-corrected chi connectivity index (χ3v) is 6.40. The molecule has 4 rings (SSSR count).